The van der Waals surface area contributed by atoms with Crippen molar-refractivity contribution in [3.8, 4) is 0 Å². The van der Waals surface area contributed by atoms with Gasteiger partial charge in [0.2, 0.25) is 0 Å². The van der Waals surface area contributed by atoms with Crippen LogP contribution in [-0.2, 0) is 4.79 Å². The maximum absolute atomic E-state index is 11.5. The number of Topliss-reactive ketones (excluding diaryl/α,β-unsaturated/α-hetero) is 1. The second-order valence-electron chi connectivity index (χ2n) is 5.32. The topological polar surface area (TPSA) is 17.1 Å². The molecule has 0 saturated heterocycles. The normalized spacial score (nSPS) is 18.9. The Morgan fingerprint density at radius 1 is 1.18 bits per heavy atom. The van der Waals surface area contributed by atoms with Crippen molar-refractivity contribution >= 4 is 5.78 Å². The molecule has 0 unspecified atom stereocenters. The van der Waals surface area contributed by atoms with Crippen LogP contribution < -0.4 is 0 Å². The smallest absolute Gasteiger partial charge is 0.130 e. The van der Waals surface area contributed by atoms with Crippen molar-refractivity contribution in [3.63, 3.8) is 0 Å². The molecule has 1 nitrogen and oxygen atoms in total. The zero-order valence-corrected chi connectivity index (χ0v) is 10.7. The van der Waals surface area contributed by atoms with Crippen molar-refractivity contribution in [2.45, 2.75) is 51.4 Å². The highest BCUT2D eigenvalue weighted by Gasteiger charge is 2.25. The van der Waals surface area contributed by atoms with Crippen LogP contribution in [0.5, 0.6) is 0 Å². The van der Waals surface area contributed by atoms with Crippen LogP contribution in [0.2, 0.25) is 0 Å². The van der Waals surface area contributed by atoms with Gasteiger partial charge in [-0.3, -0.25) is 0 Å². The number of hydrogen-bond acceptors (Lipinski definition) is 1. The van der Waals surface area contributed by atoms with Gasteiger partial charge in [-0.25, -0.2) is 0 Å². The second kappa shape index (κ2) is 6.00. The van der Waals surface area contributed by atoms with E-state index < -0.39 is 0 Å². The lowest BCUT2D eigenvalue weighted by Crippen LogP contribution is -2.18. The van der Waals surface area contributed by atoms with Crippen molar-refractivity contribution in [2.75, 3.05) is 0 Å². The molecule has 1 fully saturated rings. The van der Waals surface area contributed by atoms with E-state index in [1.807, 2.05) is 0 Å². The molecule has 1 aliphatic rings. The highest BCUT2D eigenvalue weighted by molar-refractivity contribution is 5.76. The van der Waals surface area contributed by atoms with Gasteiger partial charge in [0, 0.05) is 6.42 Å². The average Bonchev–Trinajstić information content (AvgIpc) is 2.38. The summed E-state index contributed by atoms with van der Waals surface area (Å²) in [5.74, 6) is 1.49. The third-order valence-electron chi connectivity index (χ3n) is 3.95. The molecule has 92 valence electrons. The quantitative estimate of drug-likeness (QED) is 0.752. The van der Waals surface area contributed by atoms with E-state index >= 15 is 0 Å². The first-order valence-electron chi connectivity index (χ1n) is 6.82. The van der Waals surface area contributed by atoms with E-state index in [2.05, 4.69) is 30.3 Å². The fraction of sp³-hybridized carbons (Fsp3) is 0.562. The average molecular weight is 230 g/mol. The van der Waals surface area contributed by atoms with Crippen LogP contribution >= 0.6 is 0 Å². The number of carbonyl (C=O) groups excluding carboxylic acids is 1. The Balaban J connectivity index is 2.15. The molecule has 1 heteroatoms. The highest BCUT2D eigenvalue weighted by atomic mass is 16.1. The molecule has 0 radical (unpaired) electrons. The Kier molecular flexibility index (Phi) is 4.36. The SMILES string of the molecule is CC(=O)C[C@H](c1ccccc1)C1CCCCC1. The van der Waals surface area contributed by atoms with Crippen molar-refractivity contribution in [2.24, 2.45) is 5.92 Å². The third kappa shape index (κ3) is 3.42. The van der Waals surface area contributed by atoms with Crippen molar-refractivity contribution in [3.05, 3.63) is 35.9 Å². The summed E-state index contributed by atoms with van der Waals surface area (Å²) in [6.45, 7) is 1.72. The molecule has 0 aliphatic heterocycles. The van der Waals surface area contributed by atoms with Crippen molar-refractivity contribution in [1.29, 1.82) is 0 Å². The zero-order chi connectivity index (χ0) is 12.1. The van der Waals surface area contributed by atoms with Gasteiger partial charge in [0.25, 0.3) is 0 Å². The summed E-state index contributed by atoms with van der Waals surface area (Å²) in [6.07, 6.45) is 7.37. The number of carbonyl (C=O) groups is 1. The minimum absolute atomic E-state index is 0.324. The molecule has 1 aliphatic carbocycles. The molecular formula is C16H22O. The Bertz CT molecular complexity index is 349. The molecule has 0 N–H and O–H groups in total. The van der Waals surface area contributed by atoms with Crippen LogP contribution in [0.1, 0.15) is 56.9 Å². The van der Waals surface area contributed by atoms with Crippen LogP contribution in [0.25, 0.3) is 0 Å². The lowest BCUT2D eigenvalue weighted by molar-refractivity contribution is -0.117. The summed E-state index contributed by atoms with van der Waals surface area (Å²) < 4.78 is 0. The highest BCUT2D eigenvalue weighted by Crippen LogP contribution is 2.38. The number of benzene rings is 1. The van der Waals surface area contributed by atoms with Crippen LogP contribution in [0.15, 0.2) is 30.3 Å². The number of rotatable bonds is 4. The number of hydrogen-bond donors (Lipinski definition) is 0. The van der Waals surface area contributed by atoms with Crippen LogP contribution in [0.4, 0.5) is 0 Å². The molecule has 0 aromatic heterocycles. The van der Waals surface area contributed by atoms with E-state index in [4.69, 9.17) is 0 Å². The van der Waals surface area contributed by atoms with Gasteiger partial charge in [0.1, 0.15) is 5.78 Å². The summed E-state index contributed by atoms with van der Waals surface area (Å²) in [4.78, 5) is 11.5. The molecule has 1 atom stereocenters. The largest absolute Gasteiger partial charge is 0.300 e. The predicted molar refractivity (Wildman–Crippen MR) is 71.1 cm³/mol. The maximum atomic E-state index is 11.5. The van der Waals surface area contributed by atoms with Crippen molar-refractivity contribution in [1.82, 2.24) is 0 Å². The van der Waals surface area contributed by atoms with Crippen LogP contribution in [-0.4, -0.2) is 5.78 Å². The summed E-state index contributed by atoms with van der Waals surface area (Å²) >= 11 is 0. The van der Waals surface area contributed by atoms with Crippen molar-refractivity contribution < 1.29 is 4.79 Å². The number of ketones is 1. The Morgan fingerprint density at radius 3 is 2.41 bits per heavy atom. The maximum Gasteiger partial charge on any atom is 0.130 e. The van der Waals surface area contributed by atoms with Gasteiger partial charge in [-0.15, -0.1) is 0 Å². The van der Waals surface area contributed by atoms with E-state index in [-0.39, 0.29) is 0 Å². The summed E-state index contributed by atoms with van der Waals surface area (Å²) in [5.41, 5.74) is 1.36. The van der Waals surface area contributed by atoms with E-state index in [0.29, 0.717) is 18.1 Å². The molecular weight excluding hydrogens is 208 g/mol. The van der Waals surface area contributed by atoms with Gasteiger partial charge < -0.3 is 4.79 Å². The Morgan fingerprint density at radius 2 is 1.82 bits per heavy atom. The zero-order valence-electron chi connectivity index (χ0n) is 10.7. The molecule has 17 heavy (non-hydrogen) atoms. The van der Waals surface area contributed by atoms with Gasteiger partial charge >= 0.3 is 0 Å². The summed E-state index contributed by atoms with van der Waals surface area (Å²) in [5, 5.41) is 0. The van der Waals surface area contributed by atoms with E-state index in [9.17, 15) is 4.79 Å². The summed E-state index contributed by atoms with van der Waals surface area (Å²) in [7, 11) is 0. The van der Waals surface area contributed by atoms with E-state index in [1.165, 1.54) is 37.7 Å². The fourth-order valence-electron chi connectivity index (χ4n) is 3.10. The van der Waals surface area contributed by atoms with Gasteiger partial charge in [-0.1, -0.05) is 49.6 Å². The Labute approximate surface area is 104 Å². The van der Waals surface area contributed by atoms with E-state index in [1.54, 1.807) is 6.92 Å². The Hall–Kier alpha value is -1.11. The molecule has 1 aromatic carbocycles. The second-order valence-corrected chi connectivity index (χ2v) is 5.32. The van der Waals surface area contributed by atoms with Gasteiger partial charge in [0.15, 0.2) is 0 Å². The first-order chi connectivity index (χ1) is 8.27. The monoisotopic (exact) mass is 230 g/mol. The molecule has 0 amide bonds. The molecule has 1 aromatic rings. The molecule has 0 heterocycles. The minimum atomic E-state index is 0.324. The van der Waals surface area contributed by atoms with Crippen LogP contribution in [0, 0.1) is 5.92 Å². The first kappa shape index (κ1) is 12.3. The standard InChI is InChI=1S/C16H22O/c1-13(17)12-16(14-8-4-2-5-9-14)15-10-6-3-7-11-15/h2,4-5,8-9,15-16H,3,6-7,10-12H2,1H3/t16-/m1/s1. The molecule has 1 saturated carbocycles. The van der Waals surface area contributed by atoms with Gasteiger partial charge in [0.05, 0.1) is 0 Å². The van der Waals surface area contributed by atoms with E-state index in [0.717, 1.165) is 5.92 Å². The fourth-order valence-corrected chi connectivity index (χ4v) is 3.10. The van der Waals surface area contributed by atoms with Gasteiger partial charge in [-0.2, -0.15) is 0 Å². The summed E-state index contributed by atoms with van der Waals surface area (Å²) in [6, 6.07) is 10.6. The molecule has 2 rings (SSSR count). The van der Waals surface area contributed by atoms with Gasteiger partial charge in [-0.05, 0) is 37.2 Å². The lowest BCUT2D eigenvalue weighted by Gasteiger charge is -2.30. The molecule has 0 bridgehead atoms. The third-order valence-corrected chi connectivity index (χ3v) is 3.95. The van der Waals surface area contributed by atoms with Crippen LogP contribution in [0.3, 0.4) is 0 Å². The first-order valence-corrected chi connectivity index (χ1v) is 6.82. The molecule has 0 spiro atoms. The minimum Gasteiger partial charge on any atom is -0.300 e. The predicted octanol–water partition coefficient (Wildman–Crippen LogP) is 4.33. The lowest BCUT2D eigenvalue weighted by atomic mass is 9.75.